The van der Waals surface area contributed by atoms with Crippen LogP contribution in [0, 0.1) is 5.82 Å². The summed E-state index contributed by atoms with van der Waals surface area (Å²) in [5, 5.41) is 0. The maximum atomic E-state index is 13.5. The first-order valence-electron chi connectivity index (χ1n) is 10.1. The molecule has 1 heterocycles. The van der Waals surface area contributed by atoms with Gasteiger partial charge < -0.3 is 4.90 Å². The normalized spacial score (nSPS) is 16.8. The number of imide groups is 1. The van der Waals surface area contributed by atoms with Crippen LogP contribution in [0.25, 0.3) is 0 Å². The van der Waals surface area contributed by atoms with E-state index in [1.54, 1.807) is 24.3 Å². The van der Waals surface area contributed by atoms with E-state index in [4.69, 9.17) is 0 Å². The van der Waals surface area contributed by atoms with Gasteiger partial charge in [0.1, 0.15) is 11.9 Å². The van der Waals surface area contributed by atoms with Gasteiger partial charge in [0.05, 0.1) is 18.2 Å². The summed E-state index contributed by atoms with van der Waals surface area (Å²) in [5.41, 5.74) is 1.52. The summed E-state index contributed by atoms with van der Waals surface area (Å²) >= 11 is 3.35. The van der Waals surface area contributed by atoms with E-state index in [-0.39, 0.29) is 17.9 Å². The molecule has 0 spiro atoms. The van der Waals surface area contributed by atoms with E-state index in [0.29, 0.717) is 5.69 Å². The Hall–Kier alpha value is -3.32. The third kappa shape index (κ3) is 4.21. The molecule has 1 saturated heterocycles. The summed E-state index contributed by atoms with van der Waals surface area (Å²) in [6.07, 6.45) is -0.126. The van der Waals surface area contributed by atoms with Gasteiger partial charge in [0.2, 0.25) is 5.91 Å². The summed E-state index contributed by atoms with van der Waals surface area (Å²) in [7, 11) is 0. The molecule has 5 nitrogen and oxygen atoms in total. The molecule has 4 rings (SSSR count). The summed E-state index contributed by atoms with van der Waals surface area (Å²) in [4.78, 5) is 42.3. The average molecular weight is 495 g/mol. The maximum Gasteiger partial charge on any atom is 0.257 e. The van der Waals surface area contributed by atoms with Gasteiger partial charge in [-0.3, -0.25) is 14.4 Å². The lowest BCUT2D eigenvalue weighted by Crippen LogP contribution is -2.46. The Balaban J connectivity index is 1.73. The van der Waals surface area contributed by atoms with E-state index in [9.17, 15) is 18.8 Å². The molecule has 32 heavy (non-hydrogen) atoms. The lowest BCUT2D eigenvalue weighted by Gasteiger charge is -2.33. The van der Waals surface area contributed by atoms with E-state index in [1.165, 1.54) is 29.2 Å². The molecule has 162 valence electrons. The number of rotatable bonds is 5. The van der Waals surface area contributed by atoms with Gasteiger partial charge in [-0.15, -0.1) is 0 Å². The third-order valence-electron chi connectivity index (χ3n) is 5.57. The lowest BCUT2D eigenvalue weighted by molar-refractivity contribution is -0.122. The molecule has 0 radical (unpaired) electrons. The van der Waals surface area contributed by atoms with E-state index < -0.39 is 29.7 Å². The number of anilines is 1. The van der Waals surface area contributed by atoms with E-state index in [2.05, 4.69) is 15.9 Å². The molecule has 0 aromatic heterocycles. The number of benzene rings is 3. The van der Waals surface area contributed by atoms with Gasteiger partial charge in [-0.1, -0.05) is 46.3 Å². The van der Waals surface area contributed by atoms with Crippen molar-refractivity contribution in [1.82, 2.24) is 4.90 Å². The minimum Gasteiger partial charge on any atom is -0.319 e. The molecule has 3 aromatic rings. The number of halogens is 2. The van der Waals surface area contributed by atoms with Crippen LogP contribution in [0.2, 0.25) is 0 Å². The first-order chi connectivity index (χ1) is 15.4. The molecule has 7 heteroatoms. The largest absolute Gasteiger partial charge is 0.319 e. The Bertz CT molecular complexity index is 1150. The fourth-order valence-corrected chi connectivity index (χ4v) is 4.18. The summed E-state index contributed by atoms with van der Waals surface area (Å²) in [6, 6.07) is 19.9. The van der Waals surface area contributed by atoms with Crippen LogP contribution in [-0.2, 0) is 9.59 Å². The Morgan fingerprint density at radius 2 is 1.62 bits per heavy atom. The molecule has 2 unspecified atom stereocenters. The van der Waals surface area contributed by atoms with Crippen molar-refractivity contribution in [3.63, 3.8) is 0 Å². The summed E-state index contributed by atoms with van der Waals surface area (Å²) < 4.78 is 14.2. The van der Waals surface area contributed by atoms with Crippen LogP contribution < -0.4 is 4.90 Å². The Labute approximate surface area is 193 Å². The van der Waals surface area contributed by atoms with Crippen molar-refractivity contribution in [3.05, 3.63) is 100 Å². The molecule has 1 fully saturated rings. The van der Waals surface area contributed by atoms with Crippen molar-refractivity contribution in [3.8, 4) is 0 Å². The third-order valence-corrected chi connectivity index (χ3v) is 6.10. The zero-order chi connectivity index (χ0) is 22.8. The van der Waals surface area contributed by atoms with Crippen LogP contribution in [0.15, 0.2) is 83.3 Å². The molecule has 3 amide bonds. The highest BCUT2D eigenvalue weighted by molar-refractivity contribution is 9.10. The Morgan fingerprint density at radius 3 is 2.25 bits per heavy atom. The van der Waals surface area contributed by atoms with Crippen LogP contribution >= 0.6 is 15.9 Å². The summed E-state index contributed by atoms with van der Waals surface area (Å²) in [6.45, 7) is 1.82. The van der Waals surface area contributed by atoms with Gasteiger partial charge in [0.15, 0.2) is 0 Å². The number of carbonyl (C=O) groups excluding carboxylic acids is 3. The molecule has 0 aliphatic carbocycles. The molecule has 0 N–H and O–H groups in total. The highest BCUT2D eigenvalue weighted by Gasteiger charge is 2.46. The zero-order valence-electron chi connectivity index (χ0n) is 17.2. The number of hydrogen-bond donors (Lipinski definition) is 0. The van der Waals surface area contributed by atoms with Crippen LogP contribution in [-0.4, -0.2) is 28.7 Å². The second-order valence-electron chi connectivity index (χ2n) is 7.57. The van der Waals surface area contributed by atoms with Crippen molar-refractivity contribution in [2.45, 2.75) is 25.4 Å². The number of nitrogens with zero attached hydrogens (tertiary/aromatic N) is 2. The predicted octanol–water partition coefficient (Wildman–Crippen LogP) is 5.12. The second kappa shape index (κ2) is 9.04. The summed E-state index contributed by atoms with van der Waals surface area (Å²) in [5.74, 6) is -1.74. The van der Waals surface area contributed by atoms with Gasteiger partial charge in [0, 0.05) is 10.0 Å². The van der Waals surface area contributed by atoms with Crippen LogP contribution in [0.5, 0.6) is 0 Å². The molecular weight excluding hydrogens is 475 g/mol. The van der Waals surface area contributed by atoms with Gasteiger partial charge in [0.25, 0.3) is 11.8 Å². The molecular formula is C25H20BrFN2O3. The smallest absolute Gasteiger partial charge is 0.257 e. The SMILES string of the molecule is CC(c1ccccc1)N(C(=O)c1ccc(F)cc1)C1CC(=O)N(c2ccc(Br)cc2)C1=O. The van der Waals surface area contributed by atoms with E-state index >= 15 is 0 Å². The predicted molar refractivity (Wildman–Crippen MR) is 122 cm³/mol. The van der Waals surface area contributed by atoms with Crippen molar-refractivity contribution in [2.24, 2.45) is 0 Å². The fourth-order valence-electron chi connectivity index (χ4n) is 3.92. The van der Waals surface area contributed by atoms with Crippen molar-refractivity contribution >= 4 is 39.3 Å². The highest BCUT2D eigenvalue weighted by atomic mass is 79.9. The minimum atomic E-state index is -0.973. The number of carbonyl (C=O) groups is 3. The second-order valence-corrected chi connectivity index (χ2v) is 8.49. The van der Waals surface area contributed by atoms with Crippen molar-refractivity contribution in [1.29, 1.82) is 0 Å². The molecule has 3 aromatic carbocycles. The van der Waals surface area contributed by atoms with Gasteiger partial charge >= 0.3 is 0 Å². The van der Waals surface area contributed by atoms with Crippen molar-refractivity contribution in [2.75, 3.05) is 4.90 Å². The average Bonchev–Trinajstić information content (AvgIpc) is 3.09. The standard InChI is InChI=1S/C25H20BrFN2O3/c1-16(17-5-3-2-4-6-17)28(24(31)18-7-11-20(27)12-8-18)22-15-23(30)29(25(22)32)21-13-9-19(26)10-14-21/h2-14,16,22H,15H2,1H3. The quantitative estimate of drug-likeness (QED) is 0.462. The van der Waals surface area contributed by atoms with Crippen LogP contribution in [0.1, 0.15) is 35.3 Å². The molecule has 1 aliphatic heterocycles. The van der Waals surface area contributed by atoms with Crippen LogP contribution in [0.4, 0.5) is 10.1 Å². The monoisotopic (exact) mass is 494 g/mol. The first-order valence-corrected chi connectivity index (χ1v) is 10.9. The molecule has 0 saturated carbocycles. The minimum absolute atomic E-state index is 0.126. The van der Waals surface area contributed by atoms with E-state index in [1.807, 2.05) is 37.3 Å². The molecule has 1 aliphatic rings. The van der Waals surface area contributed by atoms with Crippen molar-refractivity contribution < 1.29 is 18.8 Å². The Kier molecular flexibility index (Phi) is 6.19. The topological polar surface area (TPSA) is 57.7 Å². The van der Waals surface area contributed by atoms with E-state index in [0.717, 1.165) is 14.9 Å². The molecule has 0 bridgehead atoms. The van der Waals surface area contributed by atoms with Gasteiger partial charge in [-0.05, 0) is 61.0 Å². The van der Waals surface area contributed by atoms with Gasteiger partial charge in [-0.25, -0.2) is 9.29 Å². The van der Waals surface area contributed by atoms with Gasteiger partial charge in [-0.2, -0.15) is 0 Å². The number of amides is 3. The Morgan fingerprint density at radius 1 is 1.00 bits per heavy atom. The molecule has 2 atom stereocenters. The first kappa shape index (κ1) is 21.9. The van der Waals surface area contributed by atoms with Crippen LogP contribution in [0.3, 0.4) is 0 Å². The maximum absolute atomic E-state index is 13.5. The lowest BCUT2D eigenvalue weighted by atomic mass is 10.0. The highest BCUT2D eigenvalue weighted by Crippen LogP contribution is 2.33. The fraction of sp³-hybridized carbons (Fsp3) is 0.160. The zero-order valence-corrected chi connectivity index (χ0v) is 18.8. The number of hydrogen-bond acceptors (Lipinski definition) is 3.